The molecular formula is C19H18FN3O3. The Morgan fingerprint density at radius 1 is 1.23 bits per heavy atom. The van der Waals surface area contributed by atoms with E-state index in [-0.39, 0.29) is 12.5 Å². The summed E-state index contributed by atoms with van der Waals surface area (Å²) in [5.41, 5.74) is 0.700. The number of fused-ring (bicyclic) bond motifs is 1. The highest BCUT2D eigenvalue weighted by molar-refractivity contribution is 5.77. The fraction of sp³-hybridized carbons (Fsp3) is 0.211. The Morgan fingerprint density at radius 3 is 2.65 bits per heavy atom. The number of carbonyl (C=O) groups excluding carboxylic acids is 1. The Balaban J connectivity index is 2.10. The van der Waals surface area contributed by atoms with Crippen LogP contribution in [0, 0.1) is 12.7 Å². The van der Waals surface area contributed by atoms with Crippen molar-refractivity contribution in [2.75, 3.05) is 0 Å². The van der Waals surface area contributed by atoms with E-state index in [1.165, 1.54) is 19.1 Å². The van der Waals surface area contributed by atoms with E-state index >= 15 is 0 Å². The van der Waals surface area contributed by atoms with Crippen molar-refractivity contribution in [3.63, 3.8) is 0 Å². The molecule has 0 saturated carbocycles. The molecule has 2 N–H and O–H groups in total. The molecule has 0 unspecified atom stereocenters. The number of nitrogens with zero attached hydrogens (tertiary/aromatic N) is 1. The van der Waals surface area contributed by atoms with E-state index < -0.39 is 23.1 Å². The summed E-state index contributed by atoms with van der Waals surface area (Å²) < 4.78 is 14.5. The van der Waals surface area contributed by atoms with Crippen molar-refractivity contribution in [1.29, 1.82) is 0 Å². The fourth-order valence-electron chi connectivity index (χ4n) is 3.04. The first-order valence-electron chi connectivity index (χ1n) is 8.12. The van der Waals surface area contributed by atoms with Crippen LogP contribution in [-0.2, 0) is 11.3 Å². The minimum absolute atomic E-state index is 0.0644. The molecule has 0 aliphatic heterocycles. The van der Waals surface area contributed by atoms with Crippen LogP contribution in [0.25, 0.3) is 10.9 Å². The fourth-order valence-corrected chi connectivity index (χ4v) is 3.04. The van der Waals surface area contributed by atoms with Crippen LogP contribution in [0.5, 0.6) is 0 Å². The number of aromatic nitrogens is 2. The summed E-state index contributed by atoms with van der Waals surface area (Å²) in [4.78, 5) is 39.4. The summed E-state index contributed by atoms with van der Waals surface area (Å²) in [5, 5.41) is 3.11. The predicted octanol–water partition coefficient (Wildman–Crippen LogP) is 2.01. The summed E-state index contributed by atoms with van der Waals surface area (Å²) in [6.45, 7) is 2.99. The van der Waals surface area contributed by atoms with E-state index in [2.05, 4.69) is 10.3 Å². The molecule has 26 heavy (non-hydrogen) atoms. The van der Waals surface area contributed by atoms with Gasteiger partial charge in [0.05, 0.1) is 23.5 Å². The minimum Gasteiger partial charge on any atom is -0.348 e. The molecule has 1 heterocycles. The Hall–Kier alpha value is -3.22. The van der Waals surface area contributed by atoms with E-state index in [1.54, 1.807) is 37.3 Å². The first-order valence-corrected chi connectivity index (χ1v) is 8.12. The average molecular weight is 355 g/mol. The van der Waals surface area contributed by atoms with Gasteiger partial charge in [-0.25, -0.2) is 9.18 Å². The quantitative estimate of drug-likeness (QED) is 0.751. The normalized spacial score (nSPS) is 12.1. The average Bonchev–Trinajstić information content (AvgIpc) is 2.57. The molecule has 0 radical (unpaired) electrons. The van der Waals surface area contributed by atoms with Crippen molar-refractivity contribution in [3.8, 4) is 0 Å². The van der Waals surface area contributed by atoms with Gasteiger partial charge in [-0.1, -0.05) is 18.2 Å². The number of hydrogen-bond donors (Lipinski definition) is 2. The molecule has 3 rings (SSSR count). The molecule has 0 bridgehead atoms. The number of aryl methyl sites for hydroxylation is 1. The summed E-state index contributed by atoms with van der Waals surface area (Å²) in [5.74, 6) is -0.711. The Morgan fingerprint density at radius 2 is 1.96 bits per heavy atom. The third kappa shape index (κ3) is 3.42. The van der Waals surface area contributed by atoms with E-state index in [0.29, 0.717) is 22.0 Å². The standard InChI is InChI=1S/C19H18FN3O3/c1-11-9-13(20)7-8-14(11)17(21-12(2)24)10-23-18(25)15-5-3-4-6-16(15)22-19(23)26/h3-9,17H,10H2,1-2H3,(H,21,24)(H,22,26)/t17-/m1/s1. The molecule has 0 fully saturated rings. The lowest BCUT2D eigenvalue weighted by atomic mass is 10.0. The number of carbonyl (C=O) groups is 1. The topological polar surface area (TPSA) is 84.0 Å². The van der Waals surface area contributed by atoms with Crippen LogP contribution in [0.1, 0.15) is 24.1 Å². The van der Waals surface area contributed by atoms with Gasteiger partial charge in [-0.3, -0.25) is 14.2 Å². The van der Waals surface area contributed by atoms with Crippen molar-refractivity contribution in [1.82, 2.24) is 14.9 Å². The highest BCUT2D eigenvalue weighted by Crippen LogP contribution is 2.20. The zero-order chi connectivity index (χ0) is 18.8. The monoisotopic (exact) mass is 355 g/mol. The van der Waals surface area contributed by atoms with Crippen LogP contribution in [-0.4, -0.2) is 15.5 Å². The summed E-state index contributed by atoms with van der Waals surface area (Å²) in [7, 11) is 0. The molecule has 0 spiro atoms. The van der Waals surface area contributed by atoms with Crippen LogP contribution in [0.4, 0.5) is 4.39 Å². The van der Waals surface area contributed by atoms with Crippen LogP contribution in [0.3, 0.4) is 0 Å². The molecule has 1 atom stereocenters. The number of rotatable bonds is 4. The highest BCUT2D eigenvalue weighted by Gasteiger charge is 2.19. The van der Waals surface area contributed by atoms with E-state index in [9.17, 15) is 18.8 Å². The number of halogens is 1. The van der Waals surface area contributed by atoms with Gasteiger partial charge >= 0.3 is 5.69 Å². The van der Waals surface area contributed by atoms with Gasteiger partial charge in [-0.15, -0.1) is 0 Å². The van der Waals surface area contributed by atoms with Gasteiger partial charge in [-0.05, 0) is 42.3 Å². The van der Waals surface area contributed by atoms with Gasteiger partial charge in [0.1, 0.15) is 5.82 Å². The van der Waals surface area contributed by atoms with Gasteiger partial charge in [0.25, 0.3) is 5.56 Å². The molecule has 0 aliphatic rings. The summed E-state index contributed by atoms with van der Waals surface area (Å²) >= 11 is 0. The lowest BCUT2D eigenvalue weighted by molar-refractivity contribution is -0.119. The first kappa shape index (κ1) is 17.6. The van der Waals surface area contributed by atoms with Gasteiger partial charge < -0.3 is 10.3 Å². The summed E-state index contributed by atoms with van der Waals surface area (Å²) in [6.07, 6.45) is 0. The van der Waals surface area contributed by atoms with Gasteiger partial charge in [0, 0.05) is 6.92 Å². The van der Waals surface area contributed by atoms with Crippen molar-refractivity contribution in [2.24, 2.45) is 0 Å². The van der Waals surface area contributed by atoms with Crippen molar-refractivity contribution < 1.29 is 9.18 Å². The molecule has 134 valence electrons. The zero-order valence-electron chi connectivity index (χ0n) is 14.4. The molecule has 0 saturated heterocycles. The van der Waals surface area contributed by atoms with Crippen LogP contribution in [0.15, 0.2) is 52.1 Å². The molecule has 0 aliphatic carbocycles. The Bertz CT molecular complexity index is 1100. The molecule has 6 nitrogen and oxygen atoms in total. The largest absolute Gasteiger partial charge is 0.348 e. The van der Waals surface area contributed by atoms with Gasteiger partial charge in [0.2, 0.25) is 5.91 Å². The molecule has 1 amide bonds. The predicted molar refractivity (Wildman–Crippen MR) is 96.5 cm³/mol. The lowest BCUT2D eigenvalue weighted by Gasteiger charge is -2.21. The molecule has 7 heteroatoms. The van der Waals surface area contributed by atoms with Crippen LogP contribution in [0.2, 0.25) is 0 Å². The molecular weight excluding hydrogens is 337 g/mol. The van der Waals surface area contributed by atoms with Crippen molar-refractivity contribution in [3.05, 3.63) is 80.2 Å². The minimum atomic E-state index is -0.645. The first-order chi connectivity index (χ1) is 12.4. The third-order valence-electron chi connectivity index (χ3n) is 4.24. The number of amides is 1. The van der Waals surface area contributed by atoms with E-state index in [4.69, 9.17) is 0 Å². The second-order valence-corrected chi connectivity index (χ2v) is 6.15. The SMILES string of the molecule is CC(=O)N[C@H](Cn1c(=O)[nH]c2ccccc2c1=O)c1ccc(F)cc1C. The van der Waals surface area contributed by atoms with E-state index in [0.717, 1.165) is 4.57 Å². The van der Waals surface area contributed by atoms with Crippen LogP contribution >= 0.6 is 0 Å². The molecule has 2 aromatic carbocycles. The number of aromatic amines is 1. The van der Waals surface area contributed by atoms with Crippen molar-refractivity contribution >= 4 is 16.8 Å². The number of H-pyrrole nitrogens is 1. The van der Waals surface area contributed by atoms with Crippen LogP contribution < -0.4 is 16.6 Å². The van der Waals surface area contributed by atoms with Gasteiger partial charge in [-0.2, -0.15) is 0 Å². The number of benzene rings is 2. The molecule has 1 aromatic heterocycles. The van der Waals surface area contributed by atoms with Crippen molar-refractivity contribution in [2.45, 2.75) is 26.4 Å². The molecule has 3 aromatic rings. The zero-order valence-corrected chi connectivity index (χ0v) is 14.4. The summed E-state index contributed by atoms with van der Waals surface area (Å²) in [6, 6.07) is 10.2. The number of para-hydroxylation sites is 1. The smallest absolute Gasteiger partial charge is 0.328 e. The maximum Gasteiger partial charge on any atom is 0.328 e. The van der Waals surface area contributed by atoms with Gasteiger partial charge in [0.15, 0.2) is 0 Å². The maximum absolute atomic E-state index is 13.4. The second-order valence-electron chi connectivity index (χ2n) is 6.15. The lowest BCUT2D eigenvalue weighted by Crippen LogP contribution is -2.40. The van der Waals surface area contributed by atoms with E-state index in [1.807, 2.05) is 0 Å². The maximum atomic E-state index is 13.4. The Kier molecular flexibility index (Phi) is 4.71. The second kappa shape index (κ2) is 6.95. The highest BCUT2D eigenvalue weighted by atomic mass is 19.1. The Labute approximate surface area is 148 Å². The number of nitrogens with one attached hydrogen (secondary N) is 2. The number of hydrogen-bond acceptors (Lipinski definition) is 3. The third-order valence-corrected chi connectivity index (χ3v) is 4.24.